The monoisotopic (exact) mass is 563 g/mol. The number of rotatable bonds is 12. The number of para-hydroxylation sites is 1. The van der Waals surface area contributed by atoms with E-state index in [4.69, 9.17) is 12.0 Å². The number of carbonyl (C=O) groups is 2. The second kappa shape index (κ2) is 13.4. The Morgan fingerprint density at radius 1 is 0.951 bits per heavy atom. The molecule has 7 nitrogen and oxygen atoms in total. The number of nitrogens with zero attached hydrogens (tertiary/aromatic N) is 1. The molecule has 4 aromatic rings. The molecule has 4 N–H and O–H groups in total. The third-order valence-electron chi connectivity index (χ3n) is 6.62. The number of halogens is 1. The van der Waals surface area contributed by atoms with Gasteiger partial charge in [0.2, 0.25) is 0 Å². The molecule has 2 atom stereocenters. The highest BCUT2D eigenvalue weighted by atomic mass is 19.1. The Morgan fingerprint density at radius 2 is 1.61 bits per heavy atom. The Kier molecular flexibility index (Phi) is 7.65. The summed E-state index contributed by atoms with van der Waals surface area (Å²) in [5.74, 6) is -2.76. The lowest BCUT2D eigenvalue weighted by Crippen LogP contribution is -2.22. The van der Waals surface area contributed by atoms with Crippen molar-refractivity contribution >= 4 is 17.6 Å². The summed E-state index contributed by atoms with van der Waals surface area (Å²) in [5, 5.41) is 32.7. The maximum atomic E-state index is 14.3. The SMILES string of the molecule is [2H]c1c([2H])c([2H])c(-c2c(C(=O)Nc3ccccc3)c(C(C)C)n(CC[C@H](O)C[C@H](O)CC(=O)O)c2-c2ccc(F)cc2)c([2H])c1[2H]. The second-order valence-corrected chi connectivity index (χ2v) is 10.0. The van der Waals surface area contributed by atoms with Gasteiger partial charge in [0.1, 0.15) is 5.82 Å². The summed E-state index contributed by atoms with van der Waals surface area (Å²) in [4.78, 5) is 25.3. The van der Waals surface area contributed by atoms with Crippen LogP contribution in [0.25, 0.3) is 22.4 Å². The number of carboxylic acid groups (broad SMARTS) is 1. The minimum absolute atomic E-state index is 0.00102. The lowest BCUT2D eigenvalue weighted by Gasteiger charge is -2.20. The van der Waals surface area contributed by atoms with Gasteiger partial charge in [0, 0.05) is 23.5 Å². The Labute approximate surface area is 245 Å². The summed E-state index contributed by atoms with van der Waals surface area (Å²) in [6.07, 6.45) is -3.23. The number of nitrogens with one attached hydrogen (secondary N) is 1. The topological polar surface area (TPSA) is 112 Å². The van der Waals surface area contributed by atoms with Crippen LogP contribution < -0.4 is 5.32 Å². The van der Waals surface area contributed by atoms with Crippen LogP contribution in [0.2, 0.25) is 0 Å². The average molecular weight is 564 g/mol. The van der Waals surface area contributed by atoms with Gasteiger partial charge in [-0.3, -0.25) is 9.59 Å². The van der Waals surface area contributed by atoms with E-state index < -0.39 is 66.5 Å². The molecular formula is C33H35FN2O5. The average Bonchev–Trinajstić information content (AvgIpc) is 3.33. The van der Waals surface area contributed by atoms with Crippen LogP contribution in [0.1, 0.15) is 61.9 Å². The maximum Gasteiger partial charge on any atom is 0.305 e. The Balaban J connectivity index is 2.05. The second-order valence-electron chi connectivity index (χ2n) is 10.0. The van der Waals surface area contributed by atoms with Gasteiger partial charge >= 0.3 is 5.97 Å². The number of hydrogen-bond acceptors (Lipinski definition) is 4. The van der Waals surface area contributed by atoms with Gasteiger partial charge in [-0.2, -0.15) is 0 Å². The molecule has 0 saturated heterocycles. The van der Waals surface area contributed by atoms with E-state index in [0.717, 1.165) is 0 Å². The Morgan fingerprint density at radius 3 is 2.22 bits per heavy atom. The van der Waals surface area contributed by atoms with Gasteiger partial charge in [-0.1, -0.05) is 62.3 Å². The predicted octanol–water partition coefficient (Wildman–Crippen LogP) is 6.31. The van der Waals surface area contributed by atoms with Gasteiger partial charge in [0.15, 0.2) is 0 Å². The van der Waals surface area contributed by atoms with Crippen molar-refractivity contribution in [3.8, 4) is 22.4 Å². The number of aliphatic hydroxyl groups is 2. The molecule has 0 saturated carbocycles. The third kappa shape index (κ3) is 7.28. The smallest absolute Gasteiger partial charge is 0.305 e. The summed E-state index contributed by atoms with van der Waals surface area (Å²) >= 11 is 0. The van der Waals surface area contributed by atoms with Crippen LogP contribution in [0.4, 0.5) is 10.1 Å². The molecule has 0 fully saturated rings. The zero-order chi connectivity index (χ0) is 33.9. The minimum atomic E-state index is -1.30. The Bertz CT molecular complexity index is 1720. The molecule has 0 spiro atoms. The van der Waals surface area contributed by atoms with Gasteiger partial charge in [0.25, 0.3) is 5.91 Å². The van der Waals surface area contributed by atoms with Crippen molar-refractivity contribution in [2.45, 2.75) is 57.8 Å². The lowest BCUT2D eigenvalue weighted by atomic mass is 9.94. The standard InChI is InChI=1S/C33H35FN2O5/c1-21(2)31-30(33(41)35-25-11-7-4-8-12-25)29(22-9-5-3-6-10-22)32(23-13-15-24(34)16-14-23)36(31)18-17-26(37)19-27(38)20-28(39)40/h3-16,21,26-27,37-38H,17-20H2,1-2H3,(H,35,41)(H,39,40)/t26-,27-/m0/s1/i3D,5D,6D,9D,10D. The van der Waals surface area contributed by atoms with Crippen LogP contribution in [0.5, 0.6) is 0 Å². The van der Waals surface area contributed by atoms with Crippen LogP contribution in [0, 0.1) is 5.82 Å². The molecule has 1 aromatic heterocycles. The van der Waals surface area contributed by atoms with Crippen LogP contribution in [-0.4, -0.2) is 44.0 Å². The van der Waals surface area contributed by atoms with Gasteiger partial charge in [-0.05, 0) is 66.3 Å². The first-order valence-electron chi connectivity index (χ1n) is 15.8. The van der Waals surface area contributed by atoms with Crippen molar-refractivity contribution in [2.75, 3.05) is 5.32 Å². The number of aromatic nitrogens is 1. The lowest BCUT2D eigenvalue weighted by molar-refractivity contribution is -0.139. The zero-order valence-electron chi connectivity index (χ0n) is 27.7. The molecule has 0 aliphatic rings. The normalized spacial score (nSPS) is 14.4. The highest BCUT2D eigenvalue weighted by molar-refractivity contribution is 6.12. The minimum Gasteiger partial charge on any atom is -0.481 e. The molecule has 3 aromatic carbocycles. The number of aliphatic carboxylic acids is 1. The first-order valence-corrected chi connectivity index (χ1v) is 13.3. The van der Waals surface area contributed by atoms with E-state index in [0.29, 0.717) is 16.9 Å². The van der Waals surface area contributed by atoms with E-state index in [2.05, 4.69) is 5.32 Å². The van der Waals surface area contributed by atoms with Gasteiger partial charge in [0.05, 0.1) is 36.7 Å². The van der Waals surface area contributed by atoms with E-state index in [-0.39, 0.29) is 47.7 Å². The third-order valence-corrected chi connectivity index (χ3v) is 6.62. The van der Waals surface area contributed by atoms with E-state index in [9.17, 15) is 24.2 Å². The van der Waals surface area contributed by atoms with E-state index >= 15 is 0 Å². The summed E-state index contributed by atoms with van der Waals surface area (Å²) < 4.78 is 58.4. The fourth-order valence-electron chi connectivity index (χ4n) is 4.94. The van der Waals surface area contributed by atoms with E-state index in [1.165, 1.54) is 24.3 Å². The molecule has 0 bridgehead atoms. The van der Waals surface area contributed by atoms with Crippen molar-refractivity contribution in [1.29, 1.82) is 0 Å². The molecule has 8 heteroatoms. The highest BCUT2D eigenvalue weighted by Gasteiger charge is 2.31. The number of carbonyl (C=O) groups excluding carboxylic acids is 1. The quantitative estimate of drug-likeness (QED) is 0.161. The first-order chi connectivity index (χ1) is 21.7. The molecule has 0 unspecified atom stereocenters. The predicted molar refractivity (Wildman–Crippen MR) is 157 cm³/mol. The van der Waals surface area contributed by atoms with Crippen molar-refractivity contribution in [3.63, 3.8) is 0 Å². The van der Waals surface area contributed by atoms with Gasteiger partial charge in [-0.25, -0.2) is 4.39 Å². The molecule has 1 heterocycles. The van der Waals surface area contributed by atoms with Gasteiger partial charge < -0.3 is 25.2 Å². The summed E-state index contributed by atoms with van der Waals surface area (Å²) in [6, 6.07) is 11.0. The fourth-order valence-corrected chi connectivity index (χ4v) is 4.94. The number of amides is 1. The molecular weight excluding hydrogens is 523 g/mol. The largest absolute Gasteiger partial charge is 0.481 e. The summed E-state index contributed by atoms with van der Waals surface area (Å²) in [7, 11) is 0. The van der Waals surface area contributed by atoms with Gasteiger partial charge in [-0.15, -0.1) is 0 Å². The van der Waals surface area contributed by atoms with Crippen molar-refractivity contribution in [3.05, 3.63) is 102 Å². The van der Waals surface area contributed by atoms with Crippen LogP contribution in [0.3, 0.4) is 0 Å². The zero-order valence-corrected chi connectivity index (χ0v) is 22.7. The fraction of sp³-hybridized carbons (Fsp3) is 0.273. The molecule has 0 aliphatic carbocycles. The molecule has 4 rings (SSSR count). The van der Waals surface area contributed by atoms with Crippen LogP contribution in [0.15, 0.2) is 84.8 Å². The maximum absolute atomic E-state index is 14.3. The molecule has 41 heavy (non-hydrogen) atoms. The van der Waals surface area contributed by atoms with E-state index in [1.807, 2.05) is 13.8 Å². The van der Waals surface area contributed by atoms with Crippen LogP contribution in [-0.2, 0) is 11.3 Å². The number of aliphatic hydroxyl groups excluding tert-OH is 2. The van der Waals surface area contributed by atoms with Crippen molar-refractivity contribution < 1.29 is 36.2 Å². The number of anilines is 1. The molecule has 0 aliphatic heterocycles. The highest BCUT2D eigenvalue weighted by Crippen LogP contribution is 2.42. The summed E-state index contributed by atoms with van der Waals surface area (Å²) in [5.41, 5.74) is 1.38. The van der Waals surface area contributed by atoms with Crippen LogP contribution >= 0.6 is 0 Å². The van der Waals surface area contributed by atoms with Crippen molar-refractivity contribution in [2.24, 2.45) is 0 Å². The number of carboxylic acids is 1. The summed E-state index contributed by atoms with van der Waals surface area (Å²) in [6.45, 7) is 3.65. The Hall–Kier alpha value is -4.27. The molecule has 214 valence electrons. The molecule has 0 radical (unpaired) electrons. The first kappa shape index (κ1) is 23.4. The number of hydrogen-bond donors (Lipinski definition) is 4. The van der Waals surface area contributed by atoms with Crippen molar-refractivity contribution in [1.82, 2.24) is 4.57 Å². The van der Waals surface area contributed by atoms with E-state index in [1.54, 1.807) is 34.9 Å². The number of benzene rings is 3. The molecule has 1 amide bonds.